The number of rotatable bonds is 6. The number of benzene rings is 1. The first-order valence-electron chi connectivity index (χ1n) is 9.14. The van der Waals surface area contributed by atoms with Gasteiger partial charge in [-0.15, -0.1) is 0 Å². The van der Waals surface area contributed by atoms with E-state index >= 15 is 0 Å². The molecule has 1 N–H and O–H groups in total. The van der Waals surface area contributed by atoms with Gasteiger partial charge >= 0.3 is 17.9 Å². The second-order valence-corrected chi connectivity index (χ2v) is 6.75. The SMILES string of the molecule is COC(=O)C1=C(C)N=C(C)C(C(=O)OC)[C@H]1C(=O)OCC(=O)Nc1cccc(C)c1. The quantitative estimate of drug-likeness (QED) is 0.554. The monoisotopic (exact) mass is 416 g/mol. The van der Waals surface area contributed by atoms with E-state index < -0.39 is 42.3 Å². The summed E-state index contributed by atoms with van der Waals surface area (Å²) in [6, 6.07) is 7.11. The van der Waals surface area contributed by atoms with Gasteiger partial charge in [-0.1, -0.05) is 12.1 Å². The van der Waals surface area contributed by atoms with Crippen LogP contribution in [0.2, 0.25) is 0 Å². The predicted molar refractivity (Wildman–Crippen MR) is 108 cm³/mol. The lowest BCUT2D eigenvalue weighted by Gasteiger charge is -2.29. The van der Waals surface area contributed by atoms with Crippen molar-refractivity contribution in [3.05, 3.63) is 41.1 Å². The number of carbonyl (C=O) groups is 4. The van der Waals surface area contributed by atoms with Crippen LogP contribution in [0, 0.1) is 18.8 Å². The van der Waals surface area contributed by atoms with E-state index in [-0.39, 0.29) is 17.0 Å². The summed E-state index contributed by atoms with van der Waals surface area (Å²) in [6.45, 7) is 4.34. The van der Waals surface area contributed by atoms with Gasteiger partial charge in [-0.2, -0.15) is 0 Å². The Morgan fingerprint density at radius 1 is 1.00 bits per heavy atom. The van der Waals surface area contributed by atoms with E-state index in [1.807, 2.05) is 13.0 Å². The highest BCUT2D eigenvalue weighted by Gasteiger charge is 2.46. The zero-order chi connectivity index (χ0) is 22.4. The molecule has 2 rings (SSSR count). The molecule has 1 aliphatic rings. The van der Waals surface area contributed by atoms with E-state index in [0.29, 0.717) is 5.69 Å². The minimum atomic E-state index is -1.34. The van der Waals surface area contributed by atoms with Crippen LogP contribution >= 0.6 is 0 Å². The molecule has 1 amide bonds. The highest BCUT2D eigenvalue weighted by atomic mass is 16.5. The van der Waals surface area contributed by atoms with Gasteiger partial charge in [0.25, 0.3) is 5.91 Å². The Bertz CT molecular complexity index is 933. The summed E-state index contributed by atoms with van der Waals surface area (Å²) in [4.78, 5) is 53.8. The van der Waals surface area contributed by atoms with Gasteiger partial charge in [-0.3, -0.25) is 19.4 Å². The fourth-order valence-electron chi connectivity index (χ4n) is 3.25. The van der Waals surface area contributed by atoms with Crippen LogP contribution in [0.4, 0.5) is 5.69 Å². The number of hydrogen-bond donors (Lipinski definition) is 1. The van der Waals surface area contributed by atoms with Crippen molar-refractivity contribution in [2.75, 3.05) is 26.1 Å². The van der Waals surface area contributed by atoms with E-state index in [0.717, 1.165) is 19.8 Å². The second-order valence-electron chi connectivity index (χ2n) is 6.75. The second kappa shape index (κ2) is 9.82. The van der Waals surface area contributed by atoms with Crippen LogP contribution in [0.5, 0.6) is 0 Å². The summed E-state index contributed by atoms with van der Waals surface area (Å²) in [5, 5.41) is 2.61. The van der Waals surface area contributed by atoms with Gasteiger partial charge < -0.3 is 19.5 Å². The lowest BCUT2D eigenvalue weighted by molar-refractivity contribution is -0.158. The molecular weight excluding hydrogens is 392 g/mol. The molecule has 1 aromatic rings. The average molecular weight is 416 g/mol. The molecule has 0 saturated carbocycles. The maximum atomic E-state index is 12.9. The molecule has 0 bridgehead atoms. The molecule has 0 radical (unpaired) electrons. The molecule has 0 spiro atoms. The fourth-order valence-corrected chi connectivity index (χ4v) is 3.25. The molecule has 1 heterocycles. The van der Waals surface area contributed by atoms with E-state index in [2.05, 4.69) is 10.3 Å². The van der Waals surface area contributed by atoms with E-state index in [1.54, 1.807) is 25.1 Å². The van der Waals surface area contributed by atoms with E-state index in [1.165, 1.54) is 6.92 Å². The summed E-state index contributed by atoms with van der Waals surface area (Å²) in [5.41, 5.74) is 1.91. The first-order chi connectivity index (χ1) is 14.2. The van der Waals surface area contributed by atoms with Gasteiger partial charge in [0, 0.05) is 17.1 Å². The Balaban J connectivity index is 2.22. The maximum absolute atomic E-state index is 12.9. The molecule has 2 atom stereocenters. The normalized spacial score (nSPS) is 18.2. The molecule has 160 valence electrons. The van der Waals surface area contributed by atoms with Crippen molar-refractivity contribution in [2.45, 2.75) is 20.8 Å². The van der Waals surface area contributed by atoms with Crippen molar-refractivity contribution in [3.8, 4) is 0 Å². The maximum Gasteiger partial charge on any atom is 0.336 e. The van der Waals surface area contributed by atoms with E-state index in [9.17, 15) is 19.2 Å². The van der Waals surface area contributed by atoms with Crippen LogP contribution in [0.3, 0.4) is 0 Å². The molecule has 1 aliphatic heterocycles. The van der Waals surface area contributed by atoms with Crippen molar-refractivity contribution < 1.29 is 33.4 Å². The van der Waals surface area contributed by atoms with Gasteiger partial charge in [-0.25, -0.2) is 4.79 Å². The summed E-state index contributed by atoms with van der Waals surface area (Å²) in [6.07, 6.45) is 0. The van der Waals surface area contributed by atoms with Crippen molar-refractivity contribution >= 4 is 35.2 Å². The number of hydrogen-bond acceptors (Lipinski definition) is 8. The zero-order valence-corrected chi connectivity index (χ0v) is 17.5. The average Bonchev–Trinajstić information content (AvgIpc) is 2.70. The Morgan fingerprint density at radius 2 is 1.70 bits per heavy atom. The van der Waals surface area contributed by atoms with Crippen LogP contribution in [0.1, 0.15) is 19.4 Å². The smallest absolute Gasteiger partial charge is 0.336 e. The molecule has 1 aromatic carbocycles. The van der Waals surface area contributed by atoms with Crippen LogP contribution in [0.15, 0.2) is 40.5 Å². The number of methoxy groups -OCH3 is 2. The van der Waals surface area contributed by atoms with Gasteiger partial charge in [0.2, 0.25) is 0 Å². The number of aliphatic imine (C=N–C) groups is 1. The standard InChI is InChI=1S/C21H24N2O7/c1-11-7-6-8-14(9-11)23-15(24)10-30-21(27)18-16(19(25)28-4)12(2)22-13(3)17(18)20(26)29-5/h6-9,16,18H,10H2,1-5H3,(H,23,24)/t16?,18-/m1/s1. The molecule has 0 aromatic heterocycles. The molecule has 0 fully saturated rings. The Morgan fingerprint density at radius 3 is 2.30 bits per heavy atom. The predicted octanol–water partition coefficient (Wildman–Crippen LogP) is 1.80. The van der Waals surface area contributed by atoms with Crippen LogP contribution in [-0.2, 0) is 33.4 Å². The summed E-state index contributed by atoms with van der Waals surface area (Å²) >= 11 is 0. The highest BCUT2D eigenvalue weighted by molar-refractivity contribution is 6.10. The molecule has 0 aliphatic carbocycles. The number of nitrogens with one attached hydrogen (secondary N) is 1. The van der Waals surface area contributed by atoms with Crippen molar-refractivity contribution in [1.29, 1.82) is 0 Å². The molecule has 1 unspecified atom stereocenters. The topological polar surface area (TPSA) is 120 Å². The number of amides is 1. The molecule has 0 saturated heterocycles. The highest BCUT2D eigenvalue weighted by Crippen LogP contribution is 2.33. The fraction of sp³-hybridized carbons (Fsp3) is 0.381. The minimum absolute atomic E-state index is 0.109. The largest absolute Gasteiger partial charge is 0.468 e. The van der Waals surface area contributed by atoms with E-state index in [4.69, 9.17) is 14.2 Å². The van der Waals surface area contributed by atoms with Crippen LogP contribution in [-0.4, -0.2) is 50.4 Å². The minimum Gasteiger partial charge on any atom is -0.468 e. The number of allylic oxidation sites excluding steroid dienone is 1. The van der Waals surface area contributed by atoms with Crippen molar-refractivity contribution in [1.82, 2.24) is 0 Å². The summed E-state index contributed by atoms with van der Waals surface area (Å²) < 4.78 is 14.7. The lowest BCUT2D eigenvalue weighted by atomic mass is 9.80. The Kier molecular flexibility index (Phi) is 7.46. The third-order valence-corrected chi connectivity index (χ3v) is 4.59. The number of nitrogens with zero attached hydrogens (tertiary/aromatic N) is 1. The van der Waals surface area contributed by atoms with Crippen LogP contribution in [0.25, 0.3) is 0 Å². The summed E-state index contributed by atoms with van der Waals surface area (Å²) in [7, 11) is 2.31. The lowest BCUT2D eigenvalue weighted by Crippen LogP contribution is -2.42. The molecular formula is C21H24N2O7. The van der Waals surface area contributed by atoms with Gasteiger partial charge in [0.05, 0.1) is 19.8 Å². The Hall–Kier alpha value is -3.49. The van der Waals surface area contributed by atoms with Crippen molar-refractivity contribution in [2.24, 2.45) is 16.8 Å². The molecule has 30 heavy (non-hydrogen) atoms. The third-order valence-electron chi connectivity index (χ3n) is 4.59. The molecule has 9 nitrogen and oxygen atoms in total. The first kappa shape index (κ1) is 22.8. The zero-order valence-electron chi connectivity index (χ0n) is 17.5. The van der Waals surface area contributed by atoms with Crippen molar-refractivity contribution in [3.63, 3.8) is 0 Å². The number of esters is 3. The first-order valence-corrected chi connectivity index (χ1v) is 9.14. The third kappa shape index (κ3) is 5.11. The number of anilines is 1. The van der Waals surface area contributed by atoms with Gasteiger partial charge in [0.15, 0.2) is 6.61 Å². The van der Waals surface area contributed by atoms with Crippen LogP contribution < -0.4 is 5.32 Å². The summed E-state index contributed by atoms with van der Waals surface area (Å²) in [5.74, 6) is -5.57. The Labute approximate surface area is 174 Å². The van der Waals surface area contributed by atoms with Gasteiger partial charge in [-0.05, 0) is 38.5 Å². The van der Waals surface area contributed by atoms with Gasteiger partial charge in [0.1, 0.15) is 11.8 Å². The molecule has 9 heteroatoms. The number of carbonyl (C=O) groups excluding carboxylic acids is 4. The number of aryl methyl sites for hydroxylation is 1. The number of ether oxygens (including phenoxy) is 3.